The van der Waals surface area contributed by atoms with E-state index >= 15 is 0 Å². The molecule has 0 aliphatic heterocycles. The first-order valence-corrected chi connectivity index (χ1v) is 50.8. The summed E-state index contributed by atoms with van der Waals surface area (Å²) in [4.78, 5) is 0. The van der Waals surface area contributed by atoms with Crippen molar-refractivity contribution in [3.8, 4) is 112 Å². The molecule has 8 bridgehead atoms. The first-order chi connectivity index (χ1) is 63.0. The zero-order chi connectivity index (χ0) is 88.7. The summed E-state index contributed by atoms with van der Waals surface area (Å²) in [5.41, 5.74) is 33.4. The zero-order valence-electron chi connectivity index (χ0n) is 79.8. The van der Waals surface area contributed by atoms with Crippen LogP contribution in [0.1, 0.15) is 326 Å². The number of aryl methyl sites for hydroxylation is 4. The first kappa shape index (κ1) is 95.4. The SMILES string of the molecule is CCCCCCCCCCCOc1c2cc(-c3ccc(-c4ccc(C)cc4)cc3)cc1Cc1cc(-c3ccc(-c4ccc(C)cc4)cc3)cc(c1OCCCCCCCCCCC)Cc1cc(-c3ccc(-c4ccc(C)cc4)cc3)cc(c1OCCCCCCCCCCC)Cc1cc(-c3ccc(-c4ccc(C)cc4)cc3)cc(c1OCCCCCCCCCCC)C2. The highest BCUT2D eigenvalue weighted by Gasteiger charge is 2.27. The Kier molecular flexibility index (Phi) is 38.7. The summed E-state index contributed by atoms with van der Waals surface area (Å²) in [7, 11) is 0. The van der Waals surface area contributed by atoms with Crippen LogP contribution < -0.4 is 18.9 Å². The van der Waals surface area contributed by atoms with Gasteiger partial charge >= 0.3 is 0 Å². The number of rotatable bonds is 52. The average Bonchev–Trinajstić information content (AvgIpc) is 0.761. The van der Waals surface area contributed by atoms with Crippen molar-refractivity contribution < 1.29 is 18.9 Å². The molecule has 0 saturated heterocycles. The number of ether oxygens (including phenoxy) is 4. The molecule has 672 valence electrons. The van der Waals surface area contributed by atoms with Gasteiger partial charge in [0.1, 0.15) is 23.0 Å². The molecule has 0 atom stereocenters. The van der Waals surface area contributed by atoms with E-state index in [0.29, 0.717) is 52.1 Å². The Balaban J connectivity index is 1.05. The van der Waals surface area contributed by atoms with Crippen molar-refractivity contribution in [2.75, 3.05) is 26.4 Å². The van der Waals surface area contributed by atoms with Crippen molar-refractivity contribution >= 4 is 0 Å². The first-order valence-electron chi connectivity index (χ1n) is 50.8. The van der Waals surface area contributed by atoms with Gasteiger partial charge in [0.25, 0.3) is 0 Å². The molecule has 0 heterocycles. The predicted molar refractivity (Wildman–Crippen MR) is 550 cm³/mol. The molecule has 0 radical (unpaired) electrons. The van der Waals surface area contributed by atoms with Crippen LogP contribution in [-0.4, -0.2) is 26.4 Å². The van der Waals surface area contributed by atoms with Gasteiger partial charge in [-0.25, -0.2) is 0 Å². The average molecular weight is 1710 g/mol. The van der Waals surface area contributed by atoms with Crippen LogP contribution in [0.4, 0.5) is 0 Å². The molecule has 0 saturated carbocycles. The van der Waals surface area contributed by atoms with Gasteiger partial charge in [0.05, 0.1) is 26.4 Å². The Labute approximate surface area is 773 Å². The van der Waals surface area contributed by atoms with Gasteiger partial charge in [-0.1, -0.05) is 450 Å². The fraction of sp³-hybridized carbons (Fsp3) is 0.419. The van der Waals surface area contributed by atoms with Crippen molar-refractivity contribution in [1.29, 1.82) is 0 Å². The van der Waals surface area contributed by atoms with Gasteiger partial charge < -0.3 is 18.9 Å². The molecule has 4 heteroatoms. The summed E-state index contributed by atoms with van der Waals surface area (Å²) in [5.74, 6) is 3.91. The minimum Gasteiger partial charge on any atom is -0.493 e. The molecule has 1 aliphatic carbocycles. The number of hydrogen-bond donors (Lipinski definition) is 0. The Bertz CT molecular complexity index is 4500. The van der Waals surface area contributed by atoms with E-state index in [0.717, 1.165) is 119 Å². The van der Waals surface area contributed by atoms with Crippen LogP contribution in [0.3, 0.4) is 0 Å². The Hall–Kier alpha value is -10.2. The lowest BCUT2D eigenvalue weighted by Crippen LogP contribution is -2.11. The van der Waals surface area contributed by atoms with Crippen LogP contribution in [0.2, 0.25) is 0 Å². The summed E-state index contributed by atoms with van der Waals surface area (Å²) in [6.07, 6.45) is 46.8. The molecule has 12 aromatic carbocycles. The van der Waals surface area contributed by atoms with Crippen LogP contribution >= 0.6 is 0 Å². The molecule has 4 nitrogen and oxygen atoms in total. The van der Waals surface area contributed by atoms with Crippen molar-refractivity contribution in [1.82, 2.24) is 0 Å². The molecule has 13 rings (SSSR count). The van der Waals surface area contributed by atoms with Gasteiger partial charge in [-0.2, -0.15) is 0 Å². The fourth-order valence-corrected chi connectivity index (χ4v) is 19.0. The summed E-state index contributed by atoms with van der Waals surface area (Å²) in [6.45, 7) is 20.5. The third kappa shape index (κ3) is 28.9. The molecule has 0 N–H and O–H groups in total. The zero-order valence-corrected chi connectivity index (χ0v) is 79.8. The minimum absolute atomic E-state index is 0.575. The maximum absolute atomic E-state index is 7.79. The maximum Gasteiger partial charge on any atom is 0.126 e. The number of hydrogen-bond acceptors (Lipinski definition) is 4. The summed E-state index contributed by atoms with van der Waals surface area (Å²) in [5, 5.41) is 0. The predicted octanol–water partition coefficient (Wildman–Crippen LogP) is 36.6. The molecule has 128 heavy (non-hydrogen) atoms. The van der Waals surface area contributed by atoms with Crippen LogP contribution in [0.5, 0.6) is 23.0 Å². The van der Waals surface area contributed by atoms with E-state index in [1.54, 1.807) is 0 Å². The highest BCUT2D eigenvalue weighted by molar-refractivity contribution is 5.79. The van der Waals surface area contributed by atoms with E-state index in [9.17, 15) is 0 Å². The van der Waals surface area contributed by atoms with E-state index in [-0.39, 0.29) is 0 Å². The monoisotopic (exact) mass is 1710 g/mol. The molecule has 1 aliphatic rings. The van der Waals surface area contributed by atoms with Crippen molar-refractivity contribution in [3.63, 3.8) is 0 Å². The second-order valence-corrected chi connectivity index (χ2v) is 37.7. The lowest BCUT2D eigenvalue weighted by Gasteiger charge is -2.25. The molecule has 0 fully saturated rings. The van der Waals surface area contributed by atoms with E-state index in [1.165, 1.54) is 291 Å². The molecule has 0 aromatic heterocycles. The molecule has 0 spiro atoms. The molecule has 12 aromatic rings. The van der Waals surface area contributed by atoms with Crippen LogP contribution in [-0.2, 0) is 25.7 Å². The smallest absolute Gasteiger partial charge is 0.126 e. The van der Waals surface area contributed by atoms with Gasteiger partial charge in [0.15, 0.2) is 0 Å². The van der Waals surface area contributed by atoms with Crippen LogP contribution in [0.15, 0.2) is 243 Å². The van der Waals surface area contributed by atoms with E-state index in [4.69, 9.17) is 18.9 Å². The Morgan fingerprint density at radius 2 is 0.266 bits per heavy atom. The van der Waals surface area contributed by atoms with Crippen molar-refractivity contribution in [2.45, 2.75) is 312 Å². The second-order valence-electron chi connectivity index (χ2n) is 37.7. The van der Waals surface area contributed by atoms with Gasteiger partial charge in [0, 0.05) is 25.7 Å². The van der Waals surface area contributed by atoms with Gasteiger partial charge in [-0.3, -0.25) is 0 Å². The lowest BCUT2D eigenvalue weighted by atomic mass is 9.86. The van der Waals surface area contributed by atoms with Crippen LogP contribution in [0.25, 0.3) is 89.0 Å². The maximum atomic E-state index is 7.79. The fourth-order valence-electron chi connectivity index (χ4n) is 19.0. The number of unbranched alkanes of at least 4 members (excludes halogenated alkanes) is 32. The third-order valence-electron chi connectivity index (χ3n) is 26.9. The quantitative estimate of drug-likeness (QED) is 0.0356. The molecule has 0 amide bonds. The third-order valence-corrected chi connectivity index (χ3v) is 26.9. The van der Waals surface area contributed by atoms with E-state index in [2.05, 4.69) is 298 Å². The molecular formula is C124H152O4. The summed E-state index contributed by atoms with van der Waals surface area (Å²) < 4.78 is 31.2. The Morgan fingerprint density at radius 1 is 0.148 bits per heavy atom. The van der Waals surface area contributed by atoms with E-state index in [1.807, 2.05) is 0 Å². The number of benzene rings is 12. The largest absolute Gasteiger partial charge is 0.493 e. The Morgan fingerprint density at radius 3 is 0.406 bits per heavy atom. The van der Waals surface area contributed by atoms with E-state index < -0.39 is 0 Å². The standard InChI is InChI=1S/C124H152O4/c1-9-13-17-21-25-29-33-37-41-77-125-121-113-81-109(105-69-61-101(62-70-105)97-53-45-93(5)46-54-97)82-114(121)90-116-84-111(107-73-65-103(66-74-107)99-57-49-95(7)50-58-99)86-118(123(116)127-79-43-39-35-31-27-23-19-15-11-3)92-120-88-112(108-75-67-104(68-76-108)100-59-51-96(8)52-60-100)87-119(124(120)128-80-44-40-36-32-28-24-20-16-12-4)91-117-85-110(106-71-63-102(64-72-106)98-55-47-94(6)48-56-98)83-115(89-113)122(117)126-78-42-38-34-30-26-22-18-14-10-2/h45-76,81-88H,9-44,77-80,89-92H2,1-8H3. The molecular weight excluding hydrogens is 1550 g/mol. The highest BCUT2D eigenvalue weighted by atomic mass is 16.5. The van der Waals surface area contributed by atoms with Gasteiger partial charge in [-0.15, -0.1) is 0 Å². The van der Waals surface area contributed by atoms with Gasteiger partial charge in [-0.05, 0) is 235 Å². The molecule has 0 unspecified atom stereocenters. The van der Waals surface area contributed by atoms with Crippen LogP contribution in [0, 0.1) is 27.7 Å². The minimum atomic E-state index is 0.575. The topological polar surface area (TPSA) is 36.9 Å². The summed E-state index contributed by atoms with van der Waals surface area (Å²) in [6, 6.07) is 93.5. The lowest BCUT2D eigenvalue weighted by molar-refractivity contribution is 0.293. The summed E-state index contributed by atoms with van der Waals surface area (Å²) >= 11 is 0. The van der Waals surface area contributed by atoms with Gasteiger partial charge in [0.2, 0.25) is 0 Å². The second kappa shape index (κ2) is 51.9. The van der Waals surface area contributed by atoms with Crippen molar-refractivity contribution in [3.05, 3.63) is 309 Å². The highest BCUT2D eigenvalue weighted by Crippen LogP contribution is 2.46. The normalized spacial score (nSPS) is 11.9. The number of fused-ring (bicyclic) bond motifs is 8. The van der Waals surface area contributed by atoms with Crippen molar-refractivity contribution in [2.24, 2.45) is 0 Å².